The van der Waals surface area contributed by atoms with Crippen LogP contribution < -0.4 is 11.5 Å². The highest BCUT2D eigenvalue weighted by molar-refractivity contribution is 5.77. The van der Waals surface area contributed by atoms with Crippen molar-refractivity contribution in [3.8, 4) is 0 Å². The monoisotopic (exact) mass is 333 g/mol. The van der Waals surface area contributed by atoms with E-state index in [1.165, 1.54) is 13.2 Å². The molecule has 0 radical (unpaired) electrons. The van der Waals surface area contributed by atoms with Gasteiger partial charge in [0.1, 0.15) is 11.4 Å². The molecule has 0 unspecified atom stereocenters. The van der Waals surface area contributed by atoms with Crippen LogP contribution in [-0.2, 0) is 14.3 Å². The number of methoxy groups -OCH3 is 1. The number of hydrogen-bond acceptors (Lipinski definition) is 5. The number of primary amides is 1. The molecule has 0 saturated carbocycles. The zero-order chi connectivity index (χ0) is 18.5. The van der Waals surface area contributed by atoms with Crippen molar-refractivity contribution in [1.29, 1.82) is 0 Å². The van der Waals surface area contributed by atoms with E-state index in [2.05, 4.69) is 14.5 Å². The van der Waals surface area contributed by atoms with Crippen LogP contribution >= 0.6 is 0 Å². The number of carbonyl (C=O) groups is 2. The molecule has 0 spiro atoms. The molecule has 0 fully saturated rings. The number of amides is 1. The normalized spacial score (nSPS) is 12.1. The van der Waals surface area contributed by atoms with Crippen molar-refractivity contribution in [3.05, 3.63) is 11.9 Å². The van der Waals surface area contributed by atoms with E-state index in [0.29, 0.717) is 25.1 Å². The van der Waals surface area contributed by atoms with E-state index in [4.69, 9.17) is 11.5 Å². The van der Waals surface area contributed by atoms with Gasteiger partial charge < -0.3 is 20.9 Å². The summed E-state index contributed by atoms with van der Waals surface area (Å²) >= 11 is 0. The SMILES string of the molecule is CC(C)(C)OC(N)=O.COC(=O)CCC/C=C(/F)CN=C(C)N. The van der Waals surface area contributed by atoms with E-state index in [1.807, 2.05) is 0 Å². The van der Waals surface area contributed by atoms with Gasteiger partial charge in [-0.3, -0.25) is 9.79 Å². The Hall–Kier alpha value is -2.12. The van der Waals surface area contributed by atoms with Crippen molar-refractivity contribution in [2.45, 2.75) is 52.6 Å². The molecule has 0 rings (SSSR count). The third-order valence-electron chi connectivity index (χ3n) is 2.06. The first-order valence-electron chi connectivity index (χ1n) is 7.14. The van der Waals surface area contributed by atoms with Gasteiger partial charge in [0, 0.05) is 6.42 Å². The molecule has 134 valence electrons. The zero-order valence-corrected chi connectivity index (χ0v) is 14.5. The second kappa shape index (κ2) is 12.4. The number of allylic oxidation sites excluding steroid dienone is 1. The Labute approximate surface area is 136 Å². The molecular weight excluding hydrogens is 305 g/mol. The summed E-state index contributed by atoms with van der Waals surface area (Å²) in [6.45, 7) is 6.86. The van der Waals surface area contributed by atoms with Gasteiger partial charge in [-0.15, -0.1) is 0 Å². The minimum Gasteiger partial charge on any atom is -0.469 e. The van der Waals surface area contributed by atoms with Crippen LogP contribution in [0.4, 0.5) is 9.18 Å². The predicted octanol–water partition coefficient (Wildman–Crippen LogP) is 2.44. The van der Waals surface area contributed by atoms with E-state index in [-0.39, 0.29) is 18.3 Å². The van der Waals surface area contributed by atoms with Gasteiger partial charge in [0.2, 0.25) is 0 Å². The minimum absolute atomic E-state index is 0.0272. The molecule has 0 heterocycles. The molecule has 0 saturated heterocycles. The van der Waals surface area contributed by atoms with Crippen molar-refractivity contribution < 1.29 is 23.5 Å². The molecule has 4 N–H and O–H groups in total. The molecule has 7 nitrogen and oxygen atoms in total. The quantitative estimate of drug-likeness (QED) is 0.335. The van der Waals surface area contributed by atoms with Crippen molar-refractivity contribution in [2.75, 3.05) is 13.7 Å². The van der Waals surface area contributed by atoms with Gasteiger partial charge in [0.05, 0.1) is 19.5 Å². The van der Waals surface area contributed by atoms with Crippen molar-refractivity contribution in [1.82, 2.24) is 0 Å². The minimum atomic E-state index is -0.725. The number of carbonyl (C=O) groups excluding carboxylic acids is 2. The van der Waals surface area contributed by atoms with Gasteiger partial charge >= 0.3 is 12.1 Å². The number of ether oxygens (including phenoxy) is 2. The molecule has 0 aromatic heterocycles. The lowest BCUT2D eigenvalue weighted by molar-refractivity contribution is -0.140. The number of nitrogens with zero attached hydrogens (tertiary/aromatic N) is 1. The second-order valence-corrected chi connectivity index (χ2v) is 5.61. The van der Waals surface area contributed by atoms with Crippen molar-refractivity contribution in [2.24, 2.45) is 16.5 Å². The first kappa shape index (κ1) is 23.2. The molecule has 0 atom stereocenters. The van der Waals surface area contributed by atoms with Crippen LogP contribution in [0, 0.1) is 0 Å². The fraction of sp³-hybridized carbons (Fsp3) is 0.667. The number of aliphatic imine (C=N–C) groups is 1. The molecule has 8 heteroatoms. The van der Waals surface area contributed by atoms with Crippen LogP contribution in [0.3, 0.4) is 0 Å². The Morgan fingerprint density at radius 2 is 1.83 bits per heavy atom. The molecular formula is C15H28FN3O4. The average Bonchev–Trinajstić information content (AvgIpc) is 2.38. The highest BCUT2D eigenvalue weighted by Gasteiger charge is 2.12. The molecule has 0 bridgehead atoms. The van der Waals surface area contributed by atoms with E-state index in [9.17, 15) is 14.0 Å². The first-order chi connectivity index (χ1) is 10.5. The summed E-state index contributed by atoms with van der Waals surface area (Å²) in [6.07, 6.45) is 2.07. The Bertz CT molecular complexity index is 425. The maximum atomic E-state index is 13.0. The molecule has 0 aliphatic carbocycles. The highest BCUT2D eigenvalue weighted by Crippen LogP contribution is 2.05. The maximum Gasteiger partial charge on any atom is 0.405 e. The van der Waals surface area contributed by atoms with Crippen molar-refractivity contribution in [3.63, 3.8) is 0 Å². The number of esters is 1. The van der Waals surface area contributed by atoms with E-state index in [0.717, 1.165) is 0 Å². The van der Waals surface area contributed by atoms with Crippen molar-refractivity contribution >= 4 is 17.9 Å². The number of unbranched alkanes of at least 4 members (excludes halogenated alkanes) is 1. The van der Waals surface area contributed by atoms with E-state index >= 15 is 0 Å². The lowest BCUT2D eigenvalue weighted by atomic mass is 10.2. The summed E-state index contributed by atoms with van der Waals surface area (Å²) < 4.78 is 22.0. The lowest BCUT2D eigenvalue weighted by Gasteiger charge is -2.16. The van der Waals surface area contributed by atoms with Gasteiger partial charge in [-0.1, -0.05) is 6.08 Å². The third-order valence-corrected chi connectivity index (χ3v) is 2.06. The fourth-order valence-corrected chi connectivity index (χ4v) is 1.17. The topological polar surface area (TPSA) is 117 Å². The van der Waals surface area contributed by atoms with E-state index < -0.39 is 11.7 Å². The average molecular weight is 333 g/mol. The van der Waals surface area contributed by atoms with Crippen LogP contribution in [0.1, 0.15) is 47.0 Å². The number of amidine groups is 1. The van der Waals surface area contributed by atoms with E-state index in [1.54, 1.807) is 27.7 Å². The second-order valence-electron chi connectivity index (χ2n) is 5.61. The summed E-state index contributed by atoms with van der Waals surface area (Å²) in [4.78, 5) is 24.4. The predicted molar refractivity (Wildman–Crippen MR) is 87.6 cm³/mol. The Kier molecular flexibility index (Phi) is 12.5. The number of rotatable bonds is 6. The smallest absolute Gasteiger partial charge is 0.405 e. The van der Waals surface area contributed by atoms with Gasteiger partial charge in [-0.25, -0.2) is 9.18 Å². The lowest BCUT2D eigenvalue weighted by Crippen LogP contribution is -2.27. The van der Waals surface area contributed by atoms with Crippen LogP contribution in [-0.4, -0.2) is 37.2 Å². The number of nitrogens with two attached hydrogens (primary N) is 2. The largest absolute Gasteiger partial charge is 0.469 e. The Balaban J connectivity index is 0. The number of halogens is 1. The fourth-order valence-electron chi connectivity index (χ4n) is 1.17. The third kappa shape index (κ3) is 22.3. The highest BCUT2D eigenvalue weighted by atomic mass is 19.1. The molecule has 0 aliphatic heterocycles. The molecule has 23 heavy (non-hydrogen) atoms. The number of hydrogen-bond donors (Lipinski definition) is 2. The maximum absolute atomic E-state index is 13.0. The summed E-state index contributed by atoms with van der Waals surface area (Å²) in [6, 6.07) is 0. The van der Waals surface area contributed by atoms with Crippen LogP contribution in [0.25, 0.3) is 0 Å². The first-order valence-corrected chi connectivity index (χ1v) is 7.14. The molecule has 0 aromatic carbocycles. The summed E-state index contributed by atoms with van der Waals surface area (Å²) in [5.74, 6) is -0.252. The van der Waals surface area contributed by atoms with Gasteiger partial charge in [-0.05, 0) is 40.5 Å². The van der Waals surface area contributed by atoms with Crippen LogP contribution in [0.15, 0.2) is 16.9 Å². The summed E-state index contributed by atoms with van der Waals surface area (Å²) in [5, 5.41) is 0. The Morgan fingerprint density at radius 1 is 1.26 bits per heavy atom. The molecule has 0 aliphatic rings. The van der Waals surface area contributed by atoms with Gasteiger partial charge in [0.15, 0.2) is 0 Å². The van der Waals surface area contributed by atoms with Crippen LogP contribution in [0.5, 0.6) is 0 Å². The Morgan fingerprint density at radius 3 is 2.17 bits per heavy atom. The van der Waals surface area contributed by atoms with Gasteiger partial charge in [0.25, 0.3) is 0 Å². The summed E-state index contributed by atoms with van der Waals surface area (Å²) in [5.41, 5.74) is 9.51. The van der Waals surface area contributed by atoms with Crippen LogP contribution in [0.2, 0.25) is 0 Å². The zero-order valence-electron chi connectivity index (χ0n) is 14.5. The molecule has 1 amide bonds. The van der Waals surface area contributed by atoms with Gasteiger partial charge in [-0.2, -0.15) is 0 Å². The standard InChI is InChI=1S/C10H17FN2O2.C5H11NO2/c1-8(12)13-7-9(11)5-3-4-6-10(14)15-2;1-5(2,3)8-4(6)7/h5H,3-4,6-7H2,1-2H3,(H2,12,13);1-3H3,(H2,6,7)/b9-5+;. The summed E-state index contributed by atoms with van der Waals surface area (Å²) in [7, 11) is 1.33. The molecule has 0 aromatic rings.